The molecule has 0 N–H and O–H groups in total. The molecule has 2 aliphatic rings. The van der Waals surface area contributed by atoms with E-state index in [-0.39, 0.29) is 6.04 Å². The van der Waals surface area contributed by atoms with E-state index in [2.05, 4.69) is 37.1 Å². The van der Waals surface area contributed by atoms with Gasteiger partial charge in [0, 0.05) is 18.4 Å². The van der Waals surface area contributed by atoms with Crippen LogP contribution in [0.15, 0.2) is 52.2 Å². The van der Waals surface area contributed by atoms with Crippen molar-refractivity contribution in [1.82, 2.24) is 5.01 Å². The molecule has 4 rings (SSSR count). The minimum atomic E-state index is -0.401. The van der Waals surface area contributed by atoms with Gasteiger partial charge in [0.2, 0.25) is 0 Å². The van der Waals surface area contributed by atoms with Gasteiger partial charge in [0.25, 0.3) is 0 Å². The summed E-state index contributed by atoms with van der Waals surface area (Å²) < 4.78 is 11.9. The van der Waals surface area contributed by atoms with E-state index in [1.807, 2.05) is 18.2 Å². The third-order valence-corrected chi connectivity index (χ3v) is 4.52. The topological polar surface area (TPSA) is 38.0 Å². The fourth-order valence-corrected chi connectivity index (χ4v) is 3.54. The van der Waals surface area contributed by atoms with E-state index >= 15 is 0 Å². The van der Waals surface area contributed by atoms with Crippen molar-refractivity contribution in [3.8, 4) is 5.75 Å². The van der Waals surface area contributed by atoms with Crippen LogP contribution in [0.25, 0.3) is 0 Å². The predicted octanol–water partition coefficient (Wildman–Crippen LogP) is 4.34. The molecule has 2 aliphatic heterocycles. The smallest absolute Gasteiger partial charge is 0.195 e. The lowest BCUT2D eigenvalue weighted by Gasteiger charge is -2.45. The van der Waals surface area contributed by atoms with Crippen molar-refractivity contribution < 1.29 is 9.15 Å². The highest BCUT2D eigenvalue weighted by Crippen LogP contribution is 2.47. The summed E-state index contributed by atoms with van der Waals surface area (Å²) in [7, 11) is 0. The third-order valence-electron chi connectivity index (χ3n) is 4.52. The van der Waals surface area contributed by atoms with E-state index in [0.717, 1.165) is 36.5 Å². The molecule has 0 radical (unpaired) electrons. The number of hydrogen-bond donors (Lipinski definition) is 0. The predicted molar refractivity (Wildman–Crippen MR) is 84.8 cm³/mol. The molecular formula is C18H20N2O2. The molecule has 0 bridgehead atoms. The van der Waals surface area contributed by atoms with Crippen LogP contribution >= 0.6 is 0 Å². The molecule has 0 spiro atoms. The minimum Gasteiger partial charge on any atom is -0.466 e. The first kappa shape index (κ1) is 13.4. The zero-order valence-corrected chi connectivity index (χ0v) is 13.0. The molecule has 0 saturated carbocycles. The molecule has 2 aromatic rings. The van der Waals surface area contributed by atoms with Crippen LogP contribution in [0, 0.1) is 0 Å². The van der Waals surface area contributed by atoms with Gasteiger partial charge in [-0.05, 0) is 25.1 Å². The van der Waals surface area contributed by atoms with Crippen molar-refractivity contribution in [3.05, 3.63) is 54.0 Å². The van der Waals surface area contributed by atoms with E-state index in [0.29, 0.717) is 0 Å². The Kier molecular flexibility index (Phi) is 2.99. The molecule has 0 fully saturated rings. The van der Waals surface area contributed by atoms with Crippen LogP contribution in [-0.2, 0) is 0 Å². The molecule has 1 aromatic carbocycles. The van der Waals surface area contributed by atoms with E-state index in [4.69, 9.17) is 14.3 Å². The maximum Gasteiger partial charge on any atom is 0.195 e. The van der Waals surface area contributed by atoms with Crippen molar-refractivity contribution >= 4 is 5.71 Å². The summed E-state index contributed by atoms with van der Waals surface area (Å²) in [5.74, 6) is 1.83. The van der Waals surface area contributed by atoms with Crippen LogP contribution in [0.3, 0.4) is 0 Å². The lowest BCUT2D eigenvalue weighted by molar-refractivity contribution is -0.111. The summed E-state index contributed by atoms with van der Waals surface area (Å²) in [4.78, 5) is 0. The van der Waals surface area contributed by atoms with Crippen molar-refractivity contribution in [1.29, 1.82) is 0 Å². The summed E-state index contributed by atoms with van der Waals surface area (Å²) in [6, 6.07) is 12.4. The second-order valence-corrected chi connectivity index (χ2v) is 6.15. The quantitative estimate of drug-likeness (QED) is 0.845. The minimum absolute atomic E-state index is 0.224. The molecule has 0 aliphatic carbocycles. The third kappa shape index (κ3) is 1.94. The number of para-hydroxylation sites is 1. The Morgan fingerprint density at radius 2 is 2.14 bits per heavy atom. The van der Waals surface area contributed by atoms with Crippen LogP contribution < -0.4 is 4.74 Å². The Balaban J connectivity index is 1.79. The zero-order chi connectivity index (χ0) is 15.2. The molecule has 0 unspecified atom stereocenters. The van der Waals surface area contributed by atoms with Crippen LogP contribution in [0.5, 0.6) is 5.75 Å². The second kappa shape index (κ2) is 4.90. The van der Waals surface area contributed by atoms with Gasteiger partial charge in [-0.2, -0.15) is 5.10 Å². The number of ether oxygens (including phenoxy) is 1. The highest BCUT2D eigenvalue weighted by Gasteiger charge is 2.47. The maximum absolute atomic E-state index is 6.33. The summed E-state index contributed by atoms with van der Waals surface area (Å²) >= 11 is 0. The van der Waals surface area contributed by atoms with Crippen LogP contribution in [-0.4, -0.2) is 16.4 Å². The molecule has 2 atom stereocenters. The van der Waals surface area contributed by atoms with Crippen molar-refractivity contribution in [2.45, 2.75) is 44.9 Å². The van der Waals surface area contributed by atoms with Gasteiger partial charge in [0.15, 0.2) is 5.72 Å². The molecule has 0 amide bonds. The van der Waals surface area contributed by atoms with E-state index in [1.165, 1.54) is 5.56 Å². The number of hydrogen-bond acceptors (Lipinski definition) is 4. The molecule has 0 saturated heterocycles. The first-order valence-electron chi connectivity index (χ1n) is 7.90. The first-order valence-corrected chi connectivity index (χ1v) is 7.90. The van der Waals surface area contributed by atoms with Crippen LogP contribution in [0.4, 0.5) is 0 Å². The first-order chi connectivity index (χ1) is 10.7. The number of rotatable bonds is 3. The average Bonchev–Trinajstić information content (AvgIpc) is 3.17. The second-order valence-electron chi connectivity index (χ2n) is 6.15. The average molecular weight is 296 g/mol. The monoisotopic (exact) mass is 296 g/mol. The van der Waals surface area contributed by atoms with Gasteiger partial charge in [-0.25, -0.2) is 5.01 Å². The number of nitrogens with zero attached hydrogens (tertiary/aromatic N) is 2. The Labute approximate surface area is 130 Å². The molecule has 22 heavy (non-hydrogen) atoms. The van der Waals surface area contributed by atoms with Gasteiger partial charge in [-0.3, -0.25) is 0 Å². The highest BCUT2D eigenvalue weighted by molar-refractivity contribution is 5.99. The number of furan rings is 1. The highest BCUT2D eigenvalue weighted by atomic mass is 16.5. The zero-order valence-electron chi connectivity index (χ0n) is 13.0. The summed E-state index contributed by atoms with van der Waals surface area (Å²) in [5.41, 5.74) is 1.81. The Hall–Kier alpha value is -2.23. The van der Waals surface area contributed by atoms with Crippen LogP contribution in [0.1, 0.15) is 50.5 Å². The van der Waals surface area contributed by atoms with E-state index < -0.39 is 5.72 Å². The molecule has 3 heterocycles. The van der Waals surface area contributed by atoms with E-state index in [9.17, 15) is 0 Å². The van der Waals surface area contributed by atoms with Gasteiger partial charge in [0.05, 0.1) is 12.3 Å². The lowest BCUT2D eigenvalue weighted by Crippen LogP contribution is -2.51. The molecule has 114 valence electrons. The van der Waals surface area contributed by atoms with Gasteiger partial charge >= 0.3 is 0 Å². The van der Waals surface area contributed by atoms with Gasteiger partial charge < -0.3 is 9.15 Å². The van der Waals surface area contributed by atoms with Crippen LogP contribution in [0.2, 0.25) is 0 Å². The summed E-state index contributed by atoms with van der Waals surface area (Å²) in [5, 5.41) is 6.99. The number of benzene rings is 1. The maximum atomic E-state index is 6.33. The normalized spacial score (nSPS) is 26.2. The molecule has 4 heteroatoms. The molecule has 1 aromatic heterocycles. The van der Waals surface area contributed by atoms with E-state index in [1.54, 1.807) is 6.26 Å². The van der Waals surface area contributed by atoms with Gasteiger partial charge in [-0.1, -0.05) is 31.5 Å². The lowest BCUT2D eigenvalue weighted by atomic mass is 9.95. The Morgan fingerprint density at radius 1 is 1.27 bits per heavy atom. The molecular weight excluding hydrogens is 276 g/mol. The number of fused-ring (bicyclic) bond motifs is 3. The van der Waals surface area contributed by atoms with Crippen molar-refractivity contribution in [2.24, 2.45) is 5.10 Å². The van der Waals surface area contributed by atoms with Gasteiger partial charge in [-0.15, -0.1) is 0 Å². The standard InChI is InChI=1S/C18H20N2O2/c1-3-10-18(2)20-15(13-7-4-5-8-16(13)22-18)12-14(19-20)17-9-6-11-21-17/h4-9,11,15H,3,10,12H2,1-2H3/t15-,18+/m0/s1. The SMILES string of the molecule is CCC[C@@]1(C)Oc2ccccc2[C@@H]2CC(c3ccco3)=NN21. The summed E-state index contributed by atoms with van der Waals surface area (Å²) in [6.45, 7) is 4.31. The van der Waals surface area contributed by atoms with Gasteiger partial charge in [0.1, 0.15) is 17.2 Å². The fourth-order valence-electron chi connectivity index (χ4n) is 3.54. The Bertz CT molecular complexity index is 708. The van der Waals surface area contributed by atoms with Crippen molar-refractivity contribution in [3.63, 3.8) is 0 Å². The molecule has 4 nitrogen and oxygen atoms in total. The number of hydrazone groups is 1. The largest absolute Gasteiger partial charge is 0.466 e. The fraction of sp³-hybridized carbons (Fsp3) is 0.389. The summed E-state index contributed by atoms with van der Waals surface area (Å²) in [6.07, 6.45) is 4.54. The Morgan fingerprint density at radius 3 is 2.91 bits per heavy atom. The van der Waals surface area contributed by atoms with Crippen molar-refractivity contribution in [2.75, 3.05) is 0 Å².